The largest absolute Gasteiger partial charge is 0.308 e. The lowest BCUT2D eigenvalue weighted by molar-refractivity contribution is 0.0987. The fraction of sp³-hybridized carbons (Fsp3) is 0.333. The zero-order chi connectivity index (χ0) is 14.0. The maximum Gasteiger partial charge on any atom is 0.262 e. The van der Waals surface area contributed by atoms with Gasteiger partial charge in [0.1, 0.15) is 0 Å². The van der Waals surface area contributed by atoms with E-state index in [9.17, 15) is 4.79 Å². The van der Waals surface area contributed by atoms with Crippen LogP contribution in [-0.2, 0) is 0 Å². The molecule has 1 amide bonds. The molecule has 0 aliphatic carbocycles. The molecule has 2 rings (SSSR count). The topological polar surface area (TPSA) is 49.0 Å². The predicted octanol–water partition coefficient (Wildman–Crippen LogP) is 3.00. The van der Waals surface area contributed by atoms with Gasteiger partial charge in [0.15, 0.2) is 0 Å². The monoisotopic (exact) mass is 257 g/mol. The van der Waals surface area contributed by atoms with Crippen molar-refractivity contribution in [3.63, 3.8) is 0 Å². The number of anilines is 1. The summed E-state index contributed by atoms with van der Waals surface area (Å²) in [5.74, 6) is 0.000509. The number of aromatic nitrogens is 2. The van der Waals surface area contributed by atoms with Crippen LogP contribution < -0.4 is 4.90 Å². The lowest BCUT2D eigenvalue weighted by atomic mass is 10.1. The first kappa shape index (κ1) is 13.3. The molecule has 0 bridgehead atoms. The third-order valence-corrected chi connectivity index (χ3v) is 3.31. The summed E-state index contributed by atoms with van der Waals surface area (Å²) in [5, 5.41) is 6.96. The van der Waals surface area contributed by atoms with Crippen molar-refractivity contribution in [1.29, 1.82) is 0 Å². The summed E-state index contributed by atoms with van der Waals surface area (Å²) >= 11 is 0. The zero-order valence-electron chi connectivity index (χ0n) is 11.8. The van der Waals surface area contributed by atoms with Gasteiger partial charge in [0.2, 0.25) is 0 Å². The first-order valence-corrected chi connectivity index (χ1v) is 6.45. The Hall–Kier alpha value is -2.10. The fourth-order valence-corrected chi connectivity index (χ4v) is 2.29. The van der Waals surface area contributed by atoms with Crippen LogP contribution in [0.25, 0.3) is 0 Å². The van der Waals surface area contributed by atoms with Crippen molar-refractivity contribution in [2.75, 3.05) is 11.4 Å². The van der Waals surface area contributed by atoms with Crippen LogP contribution in [0.1, 0.15) is 34.2 Å². The Labute approximate surface area is 113 Å². The number of para-hydroxylation sites is 1. The van der Waals surface area contributed by atoms with Gasteiger partial charge in [-0.3, -0.25) is 9.89 Å². The molecule has 0 fully saturated rings. The predicted molar refractivity (Wildman–Crippen MR) is 76.6 cm³/mol. The second kappa shape index (κ2) is 5.26. The molecule has 0 radical (unpaired) electrons. The standard InChI is InChI=1S/C15H19N3O/c1-5-18(13-9-7-6-8-10(13)2)15(19)14-11(3)16-17-12(14)4/h6-9H,5H2,1-4H3,(H,16,17). The van der Waals surface area contributed by atoms with E-state index in [-0.39, 0.29) is 5.91 Å². The Morgan fingerprint density at radius 2 is 1.95 bits per heavy atom. The highest BCUT2D eigenvalue weighted by atomic mass is 16.2. The van der Waals surface area contributed by atoms with Crippen molar-refractivity contribution < 1.29 is 4.79 Å². The van der Waals surface area contributed by atoms with Crippen LogP contribution in [0, 0.1) is 20.8 Å². The van der Waals surface area contributed by atoms with Gasteiger partial charge in [-0.05, 0) is 39.3 Å². The molecule has 0 atom stereocenters. The highest BCUT2D eigenvalue weighted by molar-refractivity contribution is 6.07. The van der Waals surface area contributed by atoms with Crippen molar-refractivity contribution in [3.05, 3.63) is 46.8 Å². The summed E-state index contributed by atoms with van der Waals surface area (Å²) in [5.41, 5.74) is 4.28. The minimum Gasteiger partial charge on any atom is -0.308 e. The molecular weight excluding hydrogens is 238 g/mol. The molecule has 2 aromatic rings. The van der Waals surface area contributed by atoms with Crippen molar-refractivity contribution >= 4 is 11.6 Å². The maximum atomic E-state index is 12.7. The molecule has 0 spiro atoms. The van der Waals surface area contributed by atoms with E-state index in [1.165, 1.54) is 0 Å². The molecule has 4 heteroatoms. The minimum absolute atomic E-state index is 0.000509. The van der Waals surface area contributed by atoms with Crippen LogP contribution in [0.3, 0.4) is 0 Å². The number of rotatable bonds is 3. The van der Waals surface area contributed by atoms with E-state index in [0.717, 1.165) is 22.6 Å². The number of hydrogen-bond donors (Lipinski definition) is 1. The second-order valence-electron chi connectivity index (χ2n) is 4.64. The molecule has 0 saturated heterocycles. The molecule has 19 heavy (non-hydrogen) atoms. The van der Waals surface area contributed by atoms with E-state index < -0.39 is 0 Å². The Balaban J connectivity index is 2.44. The Morgan fingerprint density at radius 3 is 2.47 bits per heavy atom. The summed E-state index contributed by atoms with van der Waals surface area (Å²) in [6.45, 7) is 8.35. The number of H-pyrrole nitrogens is 1. The summed E-state index contributed by atoms with van der Waals surface area (Å²) in [4.78, 5) is 14.5. The number of carbonyl (C=O) groups excluding carboxylic acids is 1. The normalized spacial score (nSPS) is 10.5. The van der Waals surface area contributed by atoms with Crippen molar-refractivity contribution in [3.8, 4) is 0 Å². The Morgan fingerprint density at radius 1 is 1.26 bits per heavy atom. The SMILES string of the molecule is CCN(C(=O)c1c(C)n[nH]c1C)c1ccccc1C. The lowest BCUT2D eigenvalue weighted by Gasteiger charge is -2.23. The summed E-state index contributed by atoms with van der Waals surface area (Å²) in [7, 11) is 0. The molecule has 0 unspecified atom stereocenters. The summed E-state index contributed by atoms with van der Waals surface area (Å²) in [6.07, 6.45) is 0. The molecule has 4 nitrogen and oxygen atoms in total. The number of amides is 1. The van der Waals surface area contributed by atoms with Crippen LogP contribution in [0.4, 0.5) is 5.69 Å². The average Bonchev–Trinajstić information content (AvgIpc) is 2.72. The smallest absolute Gasteiger partial charge is 0.262 e. The van der Waals surface area contributed by atoms with Crippen LogP contribution in [0.2, 0.25) is 0 Å². The number of benzene rings is 1. The average molecular weight is 257 g/mol. The third-order valence-electron chi connectivity index (χ3n) is 3.31. The molecule has 1 aromatic heterocycles. The number of carbonyl (C=O) groups is 1. The molecule has 100 valence electrons. The van der Waals surface area contributed by atoms with Gasteiger partial charge in [0.05, 0.1) is 11.3 Å². The van der Waals surface area contributed by atoms with Crippen LogP contribution in [0.5, 0.6) is 0 Å². The van der Waals surface area contributed by atoms with Gasteiger partial charge < -0.3 is 4.90 Å². The molecule has 1 heterocycles. The van der Waals surface area contributed by atoms with Crippen LogP contribution in [0.15, 0.2) is 24.3 Å². The fourth-order valence-electron chi connectivity index (χ4n) is 2.29. The summed E-state index contributed by atoms with van der Waals surface area (Å²) in [6, 6.07) is 7.92. The summed E-state index contributed by atoms with van der Waals surface area (Å²) < 4.78 is 0. The lowest BCUT2D eigenvalue weighted by Crippen LogP contribution is -2.31. The van der Waals surface area contributed by atoms with Gasteiger partial charge in [-0.2, -0.15) is 5.10 Å². The first-order chi connectivity index (χ1) is 9.06. The van der Waals surface area contributed by atoms with Crippen molar-refractivity contribution in [2.45, 2.75) is 27.7 Å². The van der Waals surface area contributed by atoms with Gasteiger partial charge in [-0.25, -0.2) is 0 Å². The quantitative estimate of drug-likeness (QED) is 0.918. The Kier molecular flexibility index (Phi) is 3.69. The van der Waals surface area contributed by atoms with E-state index in [2.05, 4.69) is 10.2 Å². The van der Waals surface area contributed by atoms with Gasteiger partial charge in [-0.1, -0.05) is 18.2 Å². The van der Waals surface area contributed by atoms with Gasteiger partial charge in [0.25, 0.3) is 5.91 Å². The molecule has 0 aliphatic rings. The number of aromatic amines is 1. The van der Waals surface area contributed by atoms with Crippen LogP contribution >= 0.6 is 0 Å². The maximum absolute atomic E-state index is 12.7. The second-order valence-corrected chi connectivity index (χ2v) is 4.64. The molecule has 0 saturated carbocycles. The van der Waals surface area contributed by atoms with E-state index in [0.29, 0.717) is 12.1 Å². The van der Waals surface area contributed by atoms with Gasteiger partial charge >= 0.3 is 0 Å². The van der Waals surface area contributed by atoms with Gasteiger partial charge in [0, 0.05) is 17.9 Å². The van der Waals surface area contributed by atoms with Crippen molar-refractivity contribution in [1.82, 2.24) is 10.2 Å². The molecule has 1 aromatic carbocycles. The number of nitrogens with one attached hydrogen (secondary N) is 1. The Bertz CT molecular complexity index is 582. The zero-order valence-corrected chi connectivity index (χ0v) is 11.8. The van der Waals surface area contributed by atoms with Crippen molar-refractivity contribution in [2.24, 2.45) is 0 Å². The molecule has 1 N–H and O–H groups in total. The minimum atomic E-state index is 0.000509. The first-order valence-electron chi connectivity index (χ1n) is 6.45. The molecule has 0 aliphatic heterocycles. The number of nitrogens with zero attached hydrogens (tertiary/aromatic N) is 2. The number of hydrogen-bond acceptors (Lipinski definition) is 2. The van der Waals surface area contributed by atoms with Gasteiger partial charge in [-0.15, -0.1) is 0 Å². The van der Waals surface area contributed by atoms with E-state index in [1.54, 1.807) is 4.90 Å². The number of aryl methyl sites for hydroxylation is 3. The van der Waals surface area contributed by atoms with E-state index >= 15 is 0 Å². The highest BCUT2D eigenvalue weighted by Gasteiger charge is 2.22. The van der Waals surface area contributed by atoms with E-state index in [1.807, 2.05) is 52.0 Å². The third kappa shape index (κ3) is 2.38. The van der Waals surface area contributed by atoms with Crippen LogP contribution in [-0.4, -0.2) is 22.6 Å². The highest BCUT2D eigenvalue weighted by Crippen LogP contribution is 2.23. The van der Waals surface area contributed by atoms with E-state index in [4.69, 9.17) is 0 Å². The molecular formula is C15H19N3O.